The van der Waals surface area contributed by atoms with Gasteiger partial charge in [0.25, 0.3) is 0 Å². The molecule has 0 fully saturated rings. The van der Waals surface area contributed by atoms with Crippen LogP contribution in [0.1, 0.15) is 13.3 Å². The van der Waals surface area contributed by atoms with Gasteiger partial charge in [-0.05, 0) is 6.92 Å². The van der Waals surface area contributed by atoms with Crippen LogP contribution in [0, 0.1) is 0 Å². The molecule has 0 saturated heterocycles. The average Bonchev–Trinajstić information content (AvgIpc) is 2.29. The van der Waals surface area contributed by atoms with Crippen LogP contribution in [0.25, 0.3) is 0 Å². The highest BCUT2D eigenvalue weighted by atomic mass is 16.5. The van der Waals surface area contributed by atoms with E-state index >= 15 is 0 Å². The van der Waals surface area contributed by atoms with Crippen LogP contribution < -0.4 is 10.6 Å². The minimum atomic E-state index is 0.157. The highest BCUT2D eigenvalue weighted by Crippen LogP contribution is 2.07. The van der Waals surface area contributed by atoms with Crippen molar-refractivity contribution in [3.8, 4) is 0 Å². The van der Waals surface area contributed by atoms with E-state index in [0.717, 1.165) is 5.82 Å². The number of ketones is 1. The van der Waals surface area contributed by atoms with Crippen molar-refractivity contribution in [1.82, 2.24) is 9.97 Å². The number of rotatable bonds is 8. The number of Topliss-reactive ketones (excluding diaryl/α,β-unsaturated/α-hetero) is 1. The third-order valence-electron chi connectivity index (χ3n) is 2.06. The molecule has 0 atom stereocenters. The van der Waals surface area contributed by atoms with Gasteiger partial charge in [0.1, 0.15) is 23.7 Å². The Balaban J connectivity index is 2.39. The molecule has 17 heavy (non-hydrogen) atoms. The Hall–Kier alpha value is -1.69. The van der Waals surface area contributed by atoms with Gasteiger partial charge >= 0.3 is 0 Å². The fourth-order valence-electron chi connectivity index (χ4n) is 1.20. The van der Waals surface area contributed by atoms with Gasteiger partial charge in [-0.15, -0.1) is 0 Å². The molecule has 0 bridgehead atoms. The molecule has 1 rings (SSSR count). The molecule has 0 aliphatic rings. The number of nitrogens with zero attached hydrogens (tertiary/aromatic N) is 2. The summed E-state index contributed by atoms with van der Waals surface area (Å²) >= 11 is 0. The molecule has 0 amide bonds. The zero-order valence-corrected chi connectivity index (χ0v) is 10.2. The van der Waals surface area contributed by atoms with E-state index in [1.807, 2.05) is 0 Å². The molecular formula is C11H18N4O2. The lowest BCUT2D eigenvalue weighted by Gasteiger charge is -2.07. The summed E-state index contributed by atoms with van der Waals surface area (Å²) in [6.07, 6.45) is 1.97. The quantitative estimate of drug-likeness (QED) is 0.656. The lowest BCUT2D eigenvalue weighted by Crippen LogP contribution is -2.11. The normalized spacial score (nSPS) is 10.0. The molecule has 2 N–H and O–H groups in total. The maximum absolute atomic E-state index is 10.8. The van der Waals surface area contributed by atoms with Gasteiger partial charge < -0.3 is 15.4 Å². The predicted molar refractivity (Wildman–Crippen MR) is 66.2 cm³/mol. The Labute approximate surface area is 101 Å². The highest BCUT2D eigenvalue weighted by molar-refractivity contribution is 5.75. The summed E-state index contributed by atoms with van der Waals surface area (Å²) in [6.45, 7) is 3.47. The monoisotopic (exact) mass is 238 g/mol. The topological polar surface area (TPSA) is 76.1 Å². The van der Waals surface area contributed by atoms with Gasteiger partial charge in [0.05, 0.1) is 6.61 Å². The number of hydrogen-bond acceptors (Lipinski definition) is 6. The van der Waals surface area contributed by atoms with Crippen molar-refractivity contribution in [2.24, 2.45) is 0 Å². The summed E-state index contributed by atoms with van der Waals surface area (Å²) in [6, 6.07) is 1.80. The zero-order chi connectivity index (χ0) is 12.5. The summed E-state index contributed by atoms with van der Waals surface area (Å²) in [5, 5.41) is 6.17. The lowest BCUT2D eigenvalue weighted by atomic mass is 10.3. The maximum Gasteiger partial charge on any atom is 0.131 e. The van der Waals surface area contributed by atoms with Gasteiger partial charge in [0.15, 0.2) is 0 Å². The van der Waals surface area contributed by atoms with E-state index in [1.165, 1.54) is 6.33 Å². The Bertz CT molecular complexity index is 357. The molecule has 1 aromatic rings. The van der Waals surface area contributed by atoms with Gasteiger partial charge in [0.2, 0.25) is 0 Å². The summed E-state index contributed by atoms with van der Waals surface area (Å²) in [5.74, 6) is 1.61. The molecule has 0 aromatic carbocycles. The SMILES string of the molecule is COCCNc1cc(NCCC(C)=O)ncn1. The van der Waals surface area contributed by atoms with Crippen molar-refractivity contribution in [3.63, 3.8) is 0 Å². The van der Waals surface area contributed by atoms with Crippen LogP contribution >= 0.6 is 0 Å². The number of nitrogens with one attached hydrogen (secondary N) is 2. The summed E-state index contributed by atoms with van der Waals surface area (Å²) < 4.78 is 4.93. The van der Waals surface area contributed by atoms with Crippen molar-refractivity contribution >= 4 is 17.4 Å². The second-order valence-corrected chi connectivity index (χ2v) is 3.59. The van der Waals surface area contributed by atoms with E-state index in [9.17, 15) is 4.79 Å². The number of methoxy groups -OCH3 is 1. The fraction of sp³-hybridized carbons (Fsp3) is 0.545. The number of hydrogen-bond donors (Lipinski definition) is 2. The Kier molecular flexibility index (Phi) is 5.95. The summed E-state index contributed by atoms with van der Waals surface area (Å²) in [7, 11) is 1.65. The maximum atomic E-state index is 10.8. The summed E-state index contributed by atoms with van der Waals surface area (Å²) in [5.41, 5.74) is 0. The van der Waals surface area contributed by atoms with Crippen LogP contribution in [-0.2, 0) is 9.53 Å². The van der Waals surface area contributed by atoms with E-state index < -0.39 is 0 Å². The molecule has 0 radical (unpaired) electrons. The van der Waals surface area contributed by atoms with Crippen LogP contribution in [0.5, 0.6) is 0 Å². The predicted octanol–water partition coefficient (Wildman–Crippen LogP) is 0.926. The summed E-state index contributed by atoms with van der Waals surface area (Å²) in [4.78, 5) is 18.9. The van der Waals surface area contributed by atoms with Crippen molar-refractivity contribution in [1.29, 1.82) is 0 Å². The molecular weight excluding hydrogens is 220 g/mol. The fourth-order valence-corrected chi connectivity index (χ4v) is 1.20. The van der Waals surface area contributed by atoms with Gasteiger partial charge in [-0.3, -0.25) is 4.79 Å². The number of ether oxygens (including phenoxy) is 1. The molecule has 0 aliphatic carbocycles. The van der Waals surface area contributed by atoms with E-state index in [1.54, 1.807) is 20.1 Å². The van der Waals surface area contributed by atoms with Crippen LogP contribution in [0.3, 0.4) is 0 Å². The van der Waals surface area contributed by atoms with E-state index in [4.69, 9.17) is 4.74 Å². The van der Waals surface area contributed by atoms with Crippen LogP contribution in [0.2, 0.25) is 0 Å². The molecule has 0 unspecified atom stereocenters. The second-order valence-electron chi connectivity index (χ2n) is 3.59. The molecule has 6 nitrogen and oxygen atoms in total. The number of carbonyl (C=O) groups excluding carboxylic acids is 1. The average molecular weight is 238 g/mol. The largest absolute Gasteiger partial charge is 0.383 e. The minimum absolute atomic E-state index is 0.157. The zero-order valence-electron chi connectivity index (χ0n) is 10.2. The molecule has 94 valence electrons. The van der Waals surface area contributed by atoms with Crippen molar-refractivity contribution in [2.75, 3.05) is 37.4 Å². The molecule has 1 aromatic heterocycles. The van der Waals surface area contributed by atoms with Crippen LogP contribution in [0.4, 0.5) is 11.6 Å². The first-order valence-electron chi connectivity index (χ1n) is 5.50. The van der Waals surface area contributed by atoms with Crippen molar-refractivity contribution < 1.29 is 9.53 Å². The van der Waals surface area contributed by atoms with E-state index in [0.29, 0.717) is 31.9 Å². The first kappa shape index (κ1) is 13.4. The molecule has 0 aliphatic heterocycles. The number of carbonyl (C=O) groups is 1. The van der Waals surface area contributed by atoms with Gasteiger partial charge in [0, 0.05) is 32.7 Å². The lowest BCUT2D eigenvalue weighted by molar-refractivity contribution is -0.116. The van der Waals surface area contributed by atoms with E-state index in [2.05, 4.69) is 20.6 Å². The standard InChI is InChI=1S/C11H18N4O2/c1-9(16)3-4-12-10-7-11(15-8-14-10)13-5-6-17-2/h7-8H,3-6H2,1-2H3,(H2,12,13,14,15). The third-order valence-corrected chi connectivity index (χ3v) is 2.06. The Morgan fingerprint density at radius 1 is 1.29 bits per heavy atom. The van der Waals surface area contributed by atoms with Crippen molar-refractivity contribution in [3.05, 3.63) is 12.4 Å². The van der Waals surface area contributed by atoms with Crippen LogP contribution in [-0.4, -0.2) is 42.6 Å². The van der Waals surface area contributed by atoms with Gasteiger partial charge in [-0.2, -0.15) is 0 Å². The van der Waals surface area contributed by atoms with Gasteiger partial charge in [-0.1, -0.05) is 0 Å². The molecule has 6 heteroatoms. The Morgan fingerprint density at radius 3 is 2.53 bits per heavy atom. The second kappa shape index (κ2) is 7.56. The molecule has 0 saturated carbocycles. The molecule has 1 heterocycles. The van der Waals surface area contributed by atoms with E-state index in [-0.39, 0.29) is 5.78 Å². The number of anilines is 2. The minimum Gasteiger partial charge on any atom is -0.383 e. The highest BCUT2D eigenvalue weighted by Gasteiger charge is 1.98. The van der Waals surface area contributed by atoms with Crippen LogP contribution in [0.15, 0.2) is 12.4 Å². The Morgan fingerprint density at radius 2 is 1.94 bits per heavy atom. The van der Waals surface area contributed by atoms with Gasteiger partial charge in [-0.25, -0.2) is 9.97 Å². The van der Waals surface area contributed by atoms with Crippen molar-refractivity contribution in [2.45, 2.75) is 13.3 Å². The first-order chi connectivity index (χ1) is 8.22. The first-order valence-corrected chi connectivity index (χ1v) is 5.50. The molecule has 0 spiro atoms. The third kappa shape index (κ3) is 5.82. The number of aromatic nitrogens is 2. The smallest absolute Gasteiger partial charge is 0.131 e.